The molecule has 1 atom stereocenters. The van der Waals surface area contributed by atoms with Crippen LogP contribution in [0.5, 0.6) is 0 Å². The molecule has 1 aliphatic rings. The number of ether oxygens (including phenoxy) is 1. The van der Waals surface area contributed by atoms with E-state index in [4.69, 9.17) is 10.5 Å². The van der Waals surface area contributed by atoms with Gasteiger partial charge in [0.05, 0.1) is 6.54 Å². The van der Waals surface area contributed by atoms with E-state index in [9.17, 15) is 9.59 Å². The summed E-state index contributed by atoms with van der Waals surface area (Å²) in [4.78, 5) is 28.4. The fourth-order valence-electron chi connectivity index (χ4n) is 2.93. The van der Waals surface area contributed by atoms with Crippen LogP contribution in [0.1, 0.15) is 40.2 Å². The second-order valence-electron chi connectivity index (χ2n) is 8.12. The molecular formula is C20H32ClN3O3. The SMILES string of the molecule is CC(C)N1CCN(c2ccc(C[C@H](N)C(=O)OC(C)(C)C)cc2)C(=O)C1.Cl. The quantitative estimate of drug-likeness (QED) is 0.772. The lowest BCUT2D eigenvalue weighted by atomic mass is 10.1. The summed E-state index contributed by atoms with van der Waals surface area (Å²) in [6.45, 7) is 11.7. The third kappa shape index (κ3) is 6.79. The molecule has 6 nitrogen and oxygen atoms in total. The van der Waals surface area contributed by atoms with Crippen LogP contribution in [0, 0.1) is 0 Å². The van der Waals surface area contributed by atoms with Crippen molar-refractivity contribution in [2.24, 2.45) is 5.73 Å². The molecule has 0 saturated carbocycles. The molecule has 0 aromatic heterocycles. The third-order valence-electron chi connectivity index (χ3n) is 4.39. The number of halogens is 1. The molecule has 0 spiro atoms. The first-order chi connectivity index (χ1) is 12.1. The van der Waals surface area contributed by atoms with E-state index in [0.29, 0.717) is 25.6 Å². The summed E-state index contributed by atoms with van der Waals surface area (Å²) < 4.78 is 5.31. The molecule has 0 aliphatic carbocycles. The van der Waals surface area contributed by atoms with Gasteiger partial charge in [-0.25, -0.2) is 0 Å². The molecule has 0 unspecified atom stereocenters. The largest absolute Gasteiger partial charge is 0.459 e. The Labute approximate surface area is 168 Å². The number of anilines is 1. The second-order valence-corrected chi connectivity index (χ2v) is 8.12. The van der Waals surface area contributed by atoms with Gasteiger partial charge < -0.3 is 15.4 Å². The Morgan fingerprint density at radius 2 is 1.78 bits per heavy atom. The zero-order valence-corrected chi connectivity index (χ0v) is 17.7. The summed E-state index contributed by atoms with van der Waals surface area (Å²) in [6, 6.07) is 7.35. The van der Waals surface area contributed by atoms with Crippen LogP contribution in [-0.4, -0.2) is 54.1 Å². The van der Waals surface area contributed by atoms with Crippen molar-refractivity contribution in [1.82, 2.24) is 4.90 Å². The van der Waals surface area contributed by atoms with E-state index in [1.165, 1.54) is 0 Å². The van der Waals surface area contributed by atoms with Gasteiger partial charge in [0.25, 0.3) is 0 Å². The molecule has 1 aliphatic heterocycles. The first-order valence-electron chi connectivity index (χ1n) is 9.18. The van der Waals surface area contributed by atoms with Crippen molar-refractivity contribution in [3.63, 3.8) is 0 Å². The van der Waals surface area contributed by atoms with Gasteiger partial charge in [-0.1, -0.05) is 12.1 Å². The van der Waals surface area contributed by atoms with Gasteiger partial charge in [-0.3, -0.25) is 14.5 Å². The van der Waals surface area contributed by atoms with Crippen molar-refractivity contribution in [3.8, 4) is 0 Å². The molecule has 1 aromatic carbocycles. The Hall–Kier alpha value is -1.63. The minimum Gasteiger partial charge on any atom is -0.459 e. The van der Waals surface area contributed by atoms with Crippen molar-refractivity contribution >= 4 is 30.0 Å². The summed E-state index contributed by atoms with van der Waals surface area (Å²) in [7, 11) is 0. The predicted molar refractivity (Wildman–Crippen MR) is 110 cm³/mol. The fourth-order valence-corrected chi connectivity index (χ4v) is 2.93. The maximum atomic E-state index is 12.4. The zero-order chi connectivity index (χ0) is 19.5. The third-order valence-corrected chi connectivity index (χ3v) is 4.39. The van der Waals surface area contributed by atoms with E-state index in [2.05, 4.69) is 18.7 Å². The lowest BCUT2D eigenvalue weighted by molar-refractivity contribution is -0.156. The van der Waals surface area contributed by atoms with Crippen LogP contribution in [0.2, 0.25) is 0 Å². The molecule has 1 heterocycles. The van der Waals surface area contributed by atoms with Gasteiger partial charge in [0.15, 0.2) is 0 Å². The average molecular weight is 398 g/mol. The molecule has 0 radical (unpaired) electrons. The lowest BCUT2D eigenvalue weighted by Gasteiger charge is -2.36. The van der Waals surface area contributed by atoms with E-state index in [1.807, 2.05) is 49.9 Å². The van der Waals surface area contributed by atoms with Gasteiger partial charge >= 0.3 is 5.97 Å². The summed E-state index contributed by atoms with van der Waals surface area (Å²) in [6.07, 6.45) is 0.407. The van der Waals surface area contributed by atoms with Crippen LogP contribution in [0.25, 0.3) is 0 Å². The number of nitrogens with two attached hydrogens (primary N) is 1. The highest BCUT2D eigenvalue weighted by Gasteiger charge is 2.26. The number of amides is 1. The fraction of sp³-hybridized carbons (Fsp3) is 0.600. The van der Waals surface area contributed by atoms with Gasteiger partial charge in [0, 0.05) is 24.8 Å². The van der Waals surface area contributed by atoms with Crippen molar-refractivity contribution in [3.05, 3.63) is 29.8 Å². The second kappa shape index (κ2) is 9.53. The molecule has 2 rings (SSSR count). The average Bonchev–Trinajstić information content (AvgIpc) is 2.54. The number of carbonyl (C=O) groups excluding carboxylic acids is 2. The van der Waals surface area contributed by atoms with Crippen LogP contribution < -0.4 is 10.6 Å². The Balaban J connectivity index is 0.00000364. The number of benzene rings is 1. The molecule has 152 valence electrons. The molecule has 1 saturated heterocycles. The number of piperazine rings is 1. The molecular weight excluding hydrogens is 366 g/mol. The first kappa shape index (κ1) is 23.4. The van der Waals surface area contributed by atoms with E-state index in [0.717, 1.165) is 17.8 Å². The summed E-state index contributed by atoms with van der Waals surface area (Å²) >= 11 is 0. The van der Waals surface area contributed by atoms with Gasteiger partial charge in [-0.05, 0) is 58.7 Å². The number of nitrogens with zero attached hydrogens (tertiary/aromatic N) is 2. The molecule has 0 bridgehead atoms. The maximum Gasteiger partial charge on any atom is 0.323 e. The normalized spacial score (nSPS) is 16.9. The summed E-state index contributed by atoms with van der Waals surface area (Å²) in [5.41, 5.74) is 7.24. The highest BCUT2D eigenvalue weighted by Crippen LogP contribution is 2.20. The van der Waals surface area contributed by atoms with Crippen LogP contribution in [-0.2, 0) is 20.7 Å². The van der Waals surface area contributed by atoms with Crippen LogP contribution in [0.4, 0.5) is 5.69 Å². The Kier molecular flexibility index (Phi) is 8.26. The molecule has 7 heteroatoms. The Morgan fingerprint density at radius 1 is 1.19 bits per heavy atom. The van der Waals surface area contributed by atoms with Crippen molar-refractivity contribution < 1.29 is 14.3 Å². The van der Waals surface area contributed by atoms with Crippen molar-refractivity contribution in [2.75, 3.05) is 24.5 Å². The number of rotatable bonds is 5. The van der Waals surface area contributed by atoms with Crippen molar-refractivity contribution in [1.29, 1.82) is 0 Å². The van der Waals surface area contributed by atoms with Gasteiger partial charge in [-0.2, -0.15) is 0 Å². The Bertz CT molecular complexity index is 641. The van der Waals surface area contributed by atoms with E-state index >= 15 is 0 Å². The van der Waals surface area contributed by atoms with Gasteiger partial charge in [0.1, 0.15) is 11.6 Å². The minimum atomic E-state index is -0.698. The standard InChI is InChI=1S/C20H31N3O3.ClH/c1-14(2)22-10-11-23(18(24)13-22)16-8-6-15(7-9-16)12-17(21)19(25)26-20(3,4)5;/h6-9,14,17H,10-13,21H2,1-5H3;1H/t17-;/m0./s1. The zero-order valence-electron chi connectivity index (χ0n) is 16.9. The van der Waals surface area contributed by atoms with Gasteiger partial charge in [-0.15, -0.1) is 12.4 Å². The van der Waals surface area contributed by atoms with Gasteiger partial charge in [0.2, 0.25) is 5.91 Å². The highest BCUT2D eigenvalue weighted by molar-refractivity contribution is 5.95. The summed E-state index contributed by atoms with van der Waals surface area (Å²) in [5.74, 6) is -0.287. The maximum absolute atomic E-state index is 12.4. The lowest BCUT2D eigenvalue weighted by Crippen LogP contribution is -2.52. The minimum absolute atomic E-state index is 0. The molecule has 1 aromatic rings. The number of esters is 1. The topological polar surface area (TPSA) is 75.9 Å². The van der Waals surface area contributed by atoms with E-state index < -0.39 is 17.6 Å². The van der Waals surface area contributed by atoms with Crippen LogP contribution >= 0.6 is 12.4 Å². The van der Waals surface area contributed by atoms with Crippen molar-refractivity contribution in [2.45, 2.75) is 58.7 Å². The predicted octanol–water partition coefficient (Wildman–Crippen LogP) is 2.38. The Morgan fingerprint density at radius 3 is 2.26 bits per heavy atom. The van der Waals surface area contributed by atoms with E-state index in [-0.39, 0.29) is 18.3 Å². The van der Waals surface area contributed by atoms with E-state index in [1.54, 1.807) is 0 Å². The molecule has 27 heavy (non-hydrogen) atoms. The monoisotopic (exact) mass is 397 g/mol. The number of hydrogen-bond donors (Lipinski definition) is 1. The first-order valence-corrected chi connectivity index (χ1v) is 9.18. The molecule has 1 amide bonds. The molecule has 1 fully saturated rings. The summed E-state index contributed by atoms with van der Waals surface area (Å²) in [5, 5.41) is 0. The molecule has 2 N–H and O–H groups in total. The smallest absolute Gasteiger partial charge is 0.323 e. The highest BCUT2D eigenvalue weighted by atomic mass is 35.5. The van der Waals surface area contributed by atoms with Crippen LogP contribution in [0.15, 0.2) is 24.3 Å². The number of hydrogen-bond acceptors (Lipinski definition) is 5. The van der Waals surface area contributed by atoms with Crippen LogP contribution in [0.3, 0.4) is 0 Å². The number of carbonyl (C=O) groups is 2.